The van der Waals surface area contributed by atoms with Gasteiger partial charge in [-0.15, -0.1) is 0 Å². The summed E-state index contributed by atoms with van der Waals surface area (Å²) in [6.45, 7) is 2.19. The summed E-state index contributed by atoms with van der Waals surface area (Å²) in [6, 6.07) is 13.8. The van der Waals surface area contributed by atoms with Crippen molar-refractivity contribution < 1.29 is 18.8 Å². The summed E-state index contributed by atoms with van der Waals surface area (Å²) in [5, 5.41) is 8.90. The van der Waals surface area contributed by atoms with Crippen molar-refractivity contribution in [2.24, 2.45) is 0 Å². The van der Waals surface area contributed by atoms with Gasteiger partial charge in [0.05, 0.1) is 22.1 Å². The molecule has 0 radical (unpaired) electrons. The van der Waals surface area contributed by atoms with E-state index in [0.29, 0.717) is 11.5 Å². The summed E-state index contributed by atoms with van der Waals surface area (Å²) in [7, 11) is -1.12. The fraction of sp³-hybridized carbons (Fsp3) is 0.188. The molecule has 1 unspecified atom stereocenters. The zero-order chi connectivity index (χ0) is 15.2. The molecule has 0 spiro atoms. The highest BCUT2D eigenvalue weighted by Gasteiger charge is 2.08. The van der Waals surface area contributed by atoms with E-state index in [1.54, 1.807) is 12.1 Å². The zero-order valence-electron chi connectivity index (χ0n) is 11.6. The third kappa shape index (κ3) is 4.16. The lowest BCUT2D eigenvalue weighted by Crippen LogP contribution is -2.10. The molecule has 0 aliphatic rings. The van der Waals surface area contributed by atoms with E-state index >= 15 is 0 Å². The van der Waals surface area contributed by atoms with Gasteiger partial charge < -0.3 is 9.84 Å². The Labute approximate surface area is 125 Å². The Hall–Kier alpha value is -2.14. The highest BCUT2D eigenvalue weighted by atomic mass is 32.2. The molecule has 4 nitrogen and oxygen atoms in total. The van der Waals surface area contributed by atoms with E-state index in [1.807, 2.05) is 31.2 Å². The molecular formula is C16H16O4S. The van der Waals surface area contributed by atoms with Crippen molar-refractivity contribution in [3.05, 3.63) is 59.7 Å². The first-order valence-corrected chi connectivity index (χ1v) is 7.80. The van der Waals surface area contributed by atoms with Crippen LogP contribution in [0.2, 0.25) is 0 Å². The van der Waals surface area contributed by atoms with Gasteiger partial charge in [-0.1, -0.05) is 24.3 Å². The van der Waals surface area contributed by atoms with Gasteiger partial charge in [0.15, 0.2) is 0 Å². The third-order valence-electron chi connectivity index (χ3n) is 2.96. The van der Waals surface area contributed by atoms with Crippen LogP contribution in [0.4, 0.5) is 0 Å². The average Bonchev–Trinajstić information content (AvgIpc) is 2.48. The topological polar surface area (TPSA) is 63.6 Å². The van der Waals surface area contributed by atoms with Gasteiger partial charge in [-0.2, -0.15) is 0 Å². The van der Waals surface area contributed by atoms with Gasteiger partial charge in [0.1, 0.15) is 12.4 Å². The lowest BCUT2D eigenvalue weighted by atomic mass is 10.2. The lowest BCUT2D eigenvalue weighted by molar-refractivity contribution is 0.0696. The fourth-order valence-corrected chi connectivity index (χ4v) is 2.99. The Morgan fingerprint density at radius 1 is 1.19 bits per heavy atom. The molecule has 0 saturated heterocycles. The molecule has 2 rings (SSSR count). The van der Waals surface area contributed by atoms with Crippen LogP contribution in [-0.2, 0) is 10.8 Å². The van der Waals surface area contributed by atoms with Crippen LogP contribution in [-0.4, -0.2) is 27.6 Å². The number of ether oxygens (including phenoxy) is 1. The van der Waals surface area contributed by atoms with Crippen LogP contribution in [0.15, 0.2) is 53.4 Å². The molecule has 1 N–H and O–H groups in total. The van der Waals surface area contributed by atoms with Gasteiger partial charge in [0.2, 0.25) is 0 Å². The number of carbonyl (C=O) groups is 1. The largest absolute Gasteiger partial charge is 0.493 e. The maximum absolute atomic E-state index is 12.2. The smallest absolute Gasteiger partial charge is 0.335 e. The molecule has 0 bridgehead atoms. The van der Waals surface area contributed by atoms with Gasteiger partial charge in [-0.3, -0.25) is 4.21 Å². The van der Waals surface area contributed by atoms with E-state index in [9.17, 15) is 9.00 Å². The normalized spacial score (nSPS) is 11.9. The maximum atomic E-state index is 12.2. The number of benzene rings is 2. The number of hydrogen-bond donors (Lipinski definition) is 1. The van der Waals surface area contributed by atoms with Crippen LogP contribution in [0, 0.1) is 6.92 Å². The van der Waals surface area contributed by atoms with Gasteiger partial charge in [0.25, 0.3) is 0 Å². The Morgan fingerprint density at radius 3 is 2.67 bits per heavy atom. The van der Waals surface area contributed by atoms with Crippen LogP contribution in [0.3, 0.4) is 0 Å². The van der Waals surface area contributed by atoms with Gasteiger partial charge in [0, 0.05) is 4.90 Å². The van der Waals surface area contributed by atoms with Crippen LogP contribution < -0.4 is 4.74 Å². The van der Waals surface area contributed by atoms with E-state index < -0.39 is 16.8 Å². The monoisotopic (exact) mass is 304 g/mol. The Balaban J connectivity index is 1.93. The fourth-order valence-electron chi connectivity index (χ4n) is 1.88. The second kappa shape index (κ2) is 7.04. The molecule has 0 amide bonds. The van der Waals surface area contributed by atoms with Crippen LogP contribution in [0.25, 0.3) is 0 Å². The highest BCUT2D eigenvalue weighted by Crippen LogP contribution is 2.15. The van der Waals surface area contributed by atoms with Crippen LogP contribution >= 0.6 is 0 Å². The summed E-state index contributed by atoms with van der Waals surface area (Å²) in [5.41, 5.74) is 1.16. The van der Waals surface area contributed by atoms with Crippen molar-refractivity contribution in [1.82, 2.24) is 0 Å². The van der Waals surface area contributed by atoms with E-state index in [-0.39, 0.29) is 12.2 Å². The summed E-state index contributed by atoms with van der Waals surface area (Å²) in [4.78, 5) is 11.7. The number of aromatic carboxylic acids is 1. The summed E-state index contributed by atoms with van der Waals surface area (Å²) >= 11 is 0. The number of carboxylic acids is 1. The molecule has 21 heavy (non-hydrogen) atoms. The number of aryl methyl sites for hydroxylation is 1. The third-order valence-corrected chi connectivity index (χ3v) is 4.44. The first-order chi connectivity index (χ1) is 10.1. The van der Waals surface area contributed by atoms with Crippen LogP contribution in [0.5, 0.6) is 5.75 Å². The number of rotatable bonds is 6. The second-order valence-electron chi connectivity index (χ2n) is 4.50. The zero-order valence-corrected chi connectivity index (χ0v) is 12.4. The van der Waals surface area contributed by atoms with Gasteiger partial charge in [-0.05, 0) is 36.8 Å². The minimum Gasteiger partial charge on any atom is -0.493 e. The summed E-state index contributed by atoms with van der Waals surface area (Å²) in [6.07, 6.45) is 0. The molecule has 1 atom stereocenters. The first-order valence-electron chi connectivity index (χ1n) is 6.48. The van der Waals surface area contributed by atoms with E-state index in [2.05, 4.69) is 0 Å². The second-order valence-corrected chi connectivity index (χ2v) is 6.04. The van der Waals surface area contributed by atoms with Crippen molar-refractivity contribution >= 4 is 16.8 Å². The standard InChI is InChI=1S/C16H16O4S/c1-12-5-2-3-8-15(12)21(19)10-9-20-14-7-4-6-13(11-14)16(17)18/h2-8,11H,9-10H2,1H3,(H,17,18). The predicted octanol–water partition coefficient (Wildman–Crippen LogP) is 2.88. The van der Waals surface area contributed by atoms with Crippen LogP contribution in [0.1, 0.15) is 15.9 Å². The molecule has 0 saturated carbocycles. The molecule has 110 valence electrons. The molecule has 5 heteroatoms. The van der Waals surface area contributed by atoms with Gasteiger partial charge in [-0.25, -0.2) is 4.79 Å². The number of hydrogen-bond acceptors (Lipinski definition) is 3. The molecule has 0 aliphatic carbocycles. The van der Waals surface area contributed by atoms with Gasteiger partial charge >= 0.3 is 5.97 Å². The lowest BCUT2D eigenvalue weighted by Gasteiger charge is -2.08. The molecule has 0 fully saturated rings. The average molecular weight is 304 g/mol. The van der Waals surface area contributed by atoms with E-state index in [4.69, 9.17) is 9.84 Å². The summed E-state index contributed by atoms with van der Waals surface area (Å²) < 4.78 is 17.6. The number of carboxylic acid groups (broad SMARTS) is 1. The van der Waals surface area contributed by atoms with E-state index in [1.165, 1.54) is 12.1 Å². The summed E-state index contributed by atoms with van der Waals surface area (Å²) in [5.74, 6) is -0.164. The molecule has 0 aromatic heterocycles. The SMILES string of the molecule is Cc1ccccc1S(=O)CCOc1cccc(C(=O)O)c1. The molecular weight excluding hydrogens is 288 g/mol. The van der Waals surface area contributed by atoms with Crippen molar-refractivity contribution in [1.29, 1.82) is 0 Å². The first kappa shape index (κ1) is 15.3. The van der Waals surface area contributed by atoms with E-state index in [0.717, 1.165) is 10.5 Å². The quantitative estimate of drug-likeness (QED) is 0.891. The molecule has 0 heterocycles. The molecule has 2 aromatic carbocycles. The Morgan fingerprint density at radius 2 is 1.95 bits per heavy atom. The van der Waals surface area contributed by atoms with Crippen molar-refractivity contribution in [3.63, 3.8) is 0 Å². The Kier molecular flexibility index (Phi) is 5.11. The predicted molar refractivity (Wildman–Crippen MR) is 81.4 cm³/mol. The minimum absolute atomic E-state index is 0.174. The maximum Gasteiger partial charge on any atom is 0.335 e. The molecule has 2 aromatic rings. The highest BCUT2D eigenvalue weighted by molar-refractivity contribution is 7.85. The minimum atomic E-state index is -1.12. The molecule has 0 aliphatic heterocycles. The van der Waals surface area contributed by atoms with Crippen molar-refractivity contribution in [2.45, 2.75) is 11.8 Å². The van der Waals surface area contributed by atoms with Crippen molar-refractivity contribution in [2.75, 3.05) is 12.4 Å². The Bertz CT molecular complexity index is 667. The van der Waals surface area contributed by atoms with Crippen molar-refractivity contribution in [3.8, 4) is 5.75 Å².